The fourth-order valence-electron chi connectivity index (χ4n) is 6.65. The normalized spacial score (nSPS) is 40.3. The Hall–Kier alpha value is -1.22. The van der Waals surface area contributed by atoms with Crippen molar-refractivity contribution in [1.29, 1.82) is 0 Å². The van der Waals surface area contributed by atoms with E-state index in [1.165, 1.54) is 44.1 Å². The second kappa shape index (κ2) is 5.66. The van der Waals surface area contributed by atoms with Crippen LogP contribution in [0.25, 0.3) is 0 Å². The van der Waals surface area contributed by atoms with E-state index in [0.29, 0.717) is 16.8 Å². The number of aliphatic imine (C=N–C) groups is 1. The molecule has 0 aliphatic heterocycles. The molecule has 3 N–H and O–H groups in total. The van der Waals surface area contributed by atoms with Crippen molar-refractivity contribution in [3.8, 4) is 0 Å². The highest BCUT2D eigenvalue weighted by Gasteiger charge is 2.60. The highest BCUT2D eigenvalue weighted by atomic mass is 35.5. The first-order chi connectivity index (χ1) is 10.8. The Labute approximate surface area is 151 Å². The van der Waals surface area contributed by atoms with E-state index in [9.17, 15) is 0 Å². The predicted octanol–water partition coefficient (Wildman–Crippen LogP) is 4.89. The molecule has 3 nitrogen and oxygen atoms in total. The maximum absolute atomic E-state index is 6.32. The van der Waals surface area contributed by atoms with Gasteiger partial charge in [-0.3, -0.25) is 0 Å². The third-order valence-electron chi connectivity index (χ3n) is 6.36. The predicted molar refractivity (Wildman–Crippen MR) is 104 cm³/mol. The van der Waals surface area contributed by atoms with E-state index in [-0.39, 0.29) is 17.9 Å². The zero-order chi connectivity index (χ0) is 16.3. The largest absolute Gasteiger partial charge is 0.370 e. The van der Waals surface area contributed by atoms with Gasteiger partial charge in [0.2, 0.25) is 0 Å². The number of hydrogen-bond donors (Lipinski definition) is 2. The lowest BCUT2D eigenvalue weighted by Gasteiger charge is -2.64. The first kappa shape index (κ1) is 17.6. The smallest absolute Gasteiger partial charge is 0.193 e. The van der Waals surface area contributed by atoms with Crippen molar-refractivity contribution in [2.24, 2.45) is 27.5 Å². The summed E-state index contributed by atoms with van der Waals surface area (Å²) in [7, 11) is 0. The van der Waals surface area contributed by atoms with Crippen LogP contribution in [-0.4, -0.2) is 11.5 Å². The number of halogens is 1. The topological polar surface area (TPSA) is 50.4 Å². The SMILES string of the molecule is Cc1ccccc1NC(N)=NC12CC3CC(C)(CC(C)(C3)C1)C2.Cl. The molecule has 5 rings (SSSR count). The van der Waals surface area contributed by atoms with Gasteiger partial charge in [0.1, 0.15) is 0 Å². The van der Waals surface area contributed by atoms with Gasteiger partial charge < -0.3 is 11.1 Å². The number of benzene rings is 1. The molecule has 4 aliphatic rings. The van der Waals surface area contributed by atoms with Crippen LogP contribution >= 0.6 is 12.4 Å². The monoisotopic (exact) mass is 347 g/mol. The summed E-state index contributed by atoms with van der Waals surface area (Å²) in [5.74, 6) is 1.43. The Bertz CT molecular complexity index is 651. The number of hydrogen-bond acceptors (Lipinski definition) is 1. The maximum Gasteiger partial charge on any atom is 0.193 e. The lowest BCUT2D eigenvalue weighted by atomic mass is 9.43. The van der Waals surface area contributed by atoms with Gasteiger partial charge in [-0.05, 0) is 73.8 Å². The Morgan fingerprint density at radius 2 is 1.71 bits per heavy atom. The first-order valence-corrected chi connectivity index (χ1v) is 8.97. The van der Waals surface area contributed by atoms with Gasteiger partial charge in [-0.2, -0.15) is 0 Å². The summed E-state index contributed by atoms with van der Waals surface area (Å²) in [5, 5.41) is 3.34. The molecule has 2 atom stereocenters. The van der Waals surface area contributed by atoms with Gasteiger partial charge >= 0.3 is 0 Å². The Morgan fingerprint density at radius 1 is 1.08 bits per heavy atom. The van der Waals surface area contributed by atoms with E-state index >= 15 is 0 Å². The van der Waals surface area contributed by atoms with E-state index in [1.807, 2.05) is 6.07 Å². The molecule has 132 valence electrons. The van der Waals surface area contributed by atoms with Gasteiger partial charge in [-0.1, -0.05) is 32.0 Å². The minimum atomic E-state index is 0. The average Bonchev–Trinajstić information content (AvgIpc) is 2.36. The van der Waals surface area contributed by atoms with Crippen LogP contribution in [0.5, 0.6) is 0 Å². The second-order valence-electron chi connectivity index (χ2n) is 9.29. The standard InChI is InChI=1S/C20H29N3.ClH/c1-14-6-4-5-7-16(14)22-17(21)23-20-10-15-8-18(2,12-20)11-19(3,9-15)13-20;/h4-7,15H,8-13H2,1-3H3,(H3,21,22,23);1H. The number of guanidine groups is 1. The van der Waals surface area contributed by atoms with E-state index in [2.05, 4.69) is 44.3 Å². The van der Waals surface area contributed by atoms with Crippen LogP contribution < -0.4 is 11.1 Å². The number of para-hydroxylation sites is 1. The summed E-state index contributed by atoms with van der Waals surface area (Å²) in [5.41, 5.74) is 9.61. The molecule has 0 amide bonds. The van der Waals surface area contributed by atoms with Crippen LogP contribution in [-0.2, 0) is 0 Å². The molecule has 2 unspecified atom stereocenters. The molecule has 0 heterocycles. The maximum atomic E-state index is 6.32. The third kappa shape index (κ3) is 3.03. The van der Waals surface area contributed by atoms with Crippen molar-refractivity contribution in [1.82, 2.24) is 0 Å². The Morgan fingerprint density at radius 3 is 2.29 bits per heavy atom. The number of anilines is 1. The molecule has 4 fully saturated rings. The van der Waals surface area contributed by atoms with E-state index < -0.39 is 0 Å². The van der Waals surface area contributed by atoms with Gasteiger partial charge in [0, 0.05) is 5.69 Å². The summed E-state index contributed by atoms with van der Waals surface area (Å²) < 4.78 is 0. The lowest BCUT2D eigenvalue weighted by Crippen LogP contribution is -2.58. The fraction of sp³-hybridized carbons (Fsp3) is 0.650. The van der Waals surface area contributed by atoms with Crippen molar-refractivity contribution in [2.45, 2.75) is 64.8 Å². The molecule has 24 heavy (non-hydrogen) atoms. The minimum Gasteiger partial charge on any atom is -0.370 e. The molecular weight excluding hydrogens is 318 g/mol. The van der Waals surface area contributed by atoms with Gasteiger partial charge in [0.15, 0.2) is 5.96 Å². The van der Waals surface area contributed by atoms with Crippen molar-refractivity contribution < 1.29 is 0 Å². The number of nitrogens with two attached hydrogens (primary N) is 1. The second-order valence-corrected chi connectivity index (χ2v) is 9.29. The molecule has 0 aromatic heterocycles. The summed E-state index contributed by atoms with van der Waals surface area (Å²) in [6, 6.07) is 8.26. The molecule has 0 radical (unpaired) electrons. The fourth-order valence-corrected chi connectivity index (χ4v) is 6.65. The molecule has 4 aliphatic carbocycles. The highest BCUT2D eigenvalue weighted by molar-refractivity contribution is 5.93. The third-order valence-corrected chi connectivity index (χ3v) is 6.36. The Balaban J connectivity index is 0.00000169. The Kier molecular flexibility index (Phi) is 4.15. The summed E-state index contributed by atoms with van der Waals surface area (Å²) >= 11 is 0. The van der Waals surface area contributed by atoms with Crippen LogP contribution in [0.1, 0.15) is 57.9 Å². The summed E-state index contributed by atoms with van der Waals surface area (Å²) in [4.78, 5) is 5.08. The number of rotatable bonds is 2. The summed E-state index contributed by atoms with van der Waals surface area (Å²) in [6.45, 7) is 7.05. The zero-order valence-corrected chi connectivity index (χ0v) is 15.9. The first-order valence-electron chi connectivity index (χ1n) is 8.97. The van der Waals surface area contributed by atoms with E-state index in [4.69, 9.17) is 10.7 Å². The van der Waals surface area contributed by atoms with Gasteiger partial charge in [-0.15, -0.1) is 12.4 Å². The average molecular weight is 348 g/mol. The molecular formula is C20H30ClN3. The van der Waals surface area contributed by atoms with Crippen LogP contribution in [0.4, 0.5) is 5.69 Å². The lowest BCUT2D eigenvalue weighted by molar-refractivity contribution is -0.104. The highest BCUT2D eigenvalue weighted by Crippen LogP contribution is 2.67. The number of nitrogens with one attached hydrogen (secondary N) is 1. The van der Waals surface area contributed by atoms with Crippen molar-refractivity contribution >= 4 is 24.1 Å². The van der Waals surface area contributed by atoms with Crippen LogP contribution in [0.15, 0.2) is 29.3 Å². The molecule has 4 heteroatoms. The molecule has 0 spiro atoms. The molecule has 0 saturated heterocycles. The van der Waals surface area contributed by atoms with Crippen molar-refractivity contribution in [3.05, 3.63) is 29.8 Å². The van der Waals surface area contributed by atoms with E-state index in [0.717, 1.165) is 11.6 Å². The quantitative estimate of drug-likeness (QED) is 0.591. The molecule has 4 saturated carbocycles. The van der Waals surface area contributed by atoms with Crippen LogP contribution in [0, 0.1) is 23.7 Å². The number of aryl methyl sites for hydroxylation is 1. The molecule has 1 aromatic rings. The van der Waals surface area contributed by atoms with Gasteiger partial charge in [0.05, 0.1) is 5.54 Å². The van der Waals surface area contributed by atoms with Gasteiger partial charge in [0.25, 0.3) is 0 Å². The van der Waals surface area contributed by atoms with E-state index in [1.54, 1.807) is 0 Å². The minimum absolute atomic E-state index is 0. The molecule has 4 bridgehead atoms. The van der Waals surface area contributed by atoms with Crippen molar-refractivity contribution in [2.75, 3.05) is 5.32 Å². The van der Waals surface area contributed by atoms with Crippen LogP contribution in [0.3, 0.4) is 0 Å². The molecule has 1 aromatic carbocycles. The zero-order valence-electron chi connectivity index (χ0n) is 15.1. The van der Waals surface area contributed by atoms with Gasteiger partial charge in [-0.25, -0.2) is 4.99 Å². The number of nitrogens with zero attached hydrogens (tertiary/aromatic N) is 1. The van der Waals surface area contributed by atoms with Crippen LogP contribution in [0.2, 0.25) is 0 Å². The van der Waals surface area contributed by atoms with Crippen molar-refractivity contribution in [3.63, 3.8) is 0 Å². The summed E-state index contributed by atoms with van der Waals surface area (Å²) in [6.07, 6.45) is 7.81.